The topological polar surface area (TPSA) is 0 Å². The summed E-state index contributed by atoms with van der Waals surface area (Å²) in [5.41, 5.74) is 16.3. The molecule has 0 N–H and O–H groups in total. The molecule has 4 heteroatoms. The van der Waals surface area contributed by atoms with Crippen molar-refractivity contribution in [2.45, 2.75) is 41.5 Å². The first-order valence-corrected chi connectivity index (χ1v) is 40.5. The number of benzene rings is 16. The second-order valence-corrected chi connectivity index (χ2v) is 34.6. The highest BCUT2D eigenvalue weighted by Crippen LogP contribution is 2.47. The molecule has 16 aromatic rings. The summed E-state index contributed by atoms with van der Waals surface area (Å²) in [5, 5.41) is 21.7. The maximum Gasteiger partial charge on any atom is -0.000884 e. The Hall–Kier alpha value is -10.2. The van der Waals surface area contributed by atoms with Gasteiger partial charge in [0.1, 0.15) is 0 Å². The van der Waals surface area contributed by atoms with Crippen LogP contribution in [0.5, 0.6) is 0 Å². The SMILES string of the molecule is Cc1cccc(C)c1-c1c(C)cccc1C.Cc1cccc(P(c2ccccc2)c2ccccc2)c1-c1c(C)cccc1P(c1ccccc1)c1ccccc1.c1ccc(P(c2ccccc2)c2ccc3ccccc3c2-c2c(P(c3ccccc3)c3ccccc3)ccc3ccccc23)cc1. The van der Waals surface area contributed by atoms with Gasteiger partial charge >= 0.3 is 0 Å². The summed E-state index contributed by atoms with van der Waals surface area (Å²) >= 11 is 0. The van der Waals surface area contributed by atoms with Crippen LogP contribution in [0.4, 0.5) is 0 Å². The average molecular weight is 1380 g/mol. The summed E-state index contributed by atoms with van der Waals surface area (Å²) in [7, 11) is -3.21. The minimum atomic E-state index is -0.852. The van der Waals surface area contributed by atoms with Crippen LogP contribution in [0, 0.1) is 41.5 Å². The van der Waals surface area contributed by atoms with Crippen molar-refractivity contribution in [3.8, 4) is 33.4 Å². The number of rotatable bonds is 15. The summed E-state index contributed by atoms with van der Waals surface area (Å²) in [6.07, 6.45) is 0. The maximum absolute atomic E-state index is 2.42. The van der Waals surface area contributed by atoms with Gasteiger partial charge in [-0.05, 0) is 225 Å². The molecule has 0 fully saturated rings. The largest absolute Gasteiger partial charge is 0.0622 e. The predicted octanol–water partition coefficient (Wildman–Crippen LogP) is 21.3. The smallest absolute Gasteiger partial charge is 0.000884 e. The van der Waals surface area contributed by atoms with Crippen LogP contribution < -0.4 is 63.7 Å². The standard InChI is InChI=1S/C44H32P2.C38H32P2.C16H18/c1-5-19-35(20-6-1)45(36-21-7-2-8-22-36)41-31-29-33-17-13-15-27-39(33)43(41)44-40-28-16-14-18-34(40)30-32-42(44)46(37-23-9-3-10-24-37)38-25-11-4-12-26-38;1-29-17-15-27-35(39(31-19-7-3-8-20-31)32-21-9-4-10-22-32)37(29)38-30(2)18-16-28-36(38)40(33-23-11-5-12-24-33)34-25-13-6-14-26-34;1-11-7-5-8-12(2)15(11)16-13(3)9-6-10-14(16)4/h1-32H;3-28H,1-2H3;5-10H,1-4H3. The molecule has 0 unspecified atom stereocenters. The van der Waals surface area contributed by atoms with Crippen molar-refractivity contribution in [2.75, 3.05) is 0 Å². The highest BCUT2D eigenvalue weighted by atomic mass is 31.1. The van der Waals surface area contributed by atoms with E-state index in [1.807, 2.05) is 0 Å². The van der Waals surface area contributed by atoms with Crippen LogP contribution in [0.2, 0.25) is 0 Å². The molecule has 16 rings (SSSR count). The van der Waals surface area contributed by atoms with Crippen molar-refractivity contribution < 1.29 is 0 Å². The van der Waals surface area contributed by atoms with Crippen molar-refractivity contribution in [1.29, 1.82) is 0 Å². The summed E-state index contributed by atoms with van der Waals surface area (Å²) in [6, 6.07) is 143. The van der Waals surface area contributed by atoms with E-state index in [0.29, 0.717) is 0 Å². The van der Waals surface area contributed by atoms with E-state index in [1.54, 1.807) is 0 Å². The monoisotopic (exact) mass is 1380 g/mol. The zero-order chi connectivity index (χ0) is 69.7. The van der Waals surface area contributed by atoms with Crippen LogP contribution in [0.1, 0.15) is 33.4 Å². The first-order valence-electron chi connectivity index (χ1n) is 35.2. The Labute approximate surface area is 609 Å². The Morgan fingerprint density at radius 3 is 0.559 bits per heavy atom. The fraction of sp³-hybridized carbons (Fsp3) is 0.0612. The third-order valence-electron chi connectivity index (χ3n) is 19.1. The van der Waals surface area contributed by atoms with Gasteiger partial charge in [-0.25, -0.2) is 0 Å². The van der Waals surface area contributed by atoms with Gasteiger partial charge in [0.25, 0.3) is 0 Å². The maximum atomic E-state index is 2.42. The molecular weight excluding hydrogens is 1300 g/mol. The number of hydrogen-bond acceptors (Lipinski definition) is 0. The molecule has 0 aliphatic carbocycles. The van der Waals surface area contributed by atoms with Crippen LogP contribution in [0.3, 0.4) is 0 Å². The van der Waals surface area contributed by atoms with Gasteiger partial charge in [-0.15, -0.1) is 0 Å². The molecule has 0 bridgehead atoms. The van der Waals surface area contributed by atoms with Gasteiger partial charge in [-0.1, -0.05) is 388 Å². The van der Waals surface area contributed by atoms with Gasteiger partial charge in [-0.2, -0.15) is 0 Å². The van der Waals surface area contributed by atoms with E-state index in [2.05, 4.69) is 430 Å². The third-order valence-corrected chi connectivity index (χ3v) is 29.0. The van der Waals surface area contributed by atoms with Gasteiger partial charge in [0, 0.05) is 0 Å². The number of hydrogen-bond donors (Lipinski definition) is 0. The van der Waals surface area contributed by atoms with Gasteiger partial charge in [0.15, 0.2) is 0 Å². The van der Waals surface area contributed by atoms with Gasteiger partial charge in [0.05, 0.1) is 0 Å². The van der Waals surface area contributed by atoms with E-state index in [9.17, 15) is 0 Å². The second-order valence-electron chi connectivity index (χ2n) is 25.9. The van der Waals surface area contributed by atoms with Crippen LogP contribution in [-0.2, 0) is 0 Å². The molecule has 0 saturated heterocycles. The average Bonchev–Trinajstić information content (AvgIpc) is 0.738. The molecule has 0 aromatic heterocycles. The van der Waals surface area contributed by atoms with E-state index < -0.39 is 31.7 Å². The molecule has 494 valence electrons. The van der Waals surface area contributed by atoms with E-state index >= 15 is 0 Å². The molecule has 0 aliphatic heterocycles. The molecule has 0 spiro atoms. The molecule has 0 amide bonds. The zero-order valence-corrected chi connectivity index (χ0v) is 62.3. The second kappa shape index (κ2) is 32.6. The van der Waals surface area contributed by atoms with Crippen LogP contribution in [0.25, 0.3) is 54.9 Å². The summed E-state index contributed by atoms with van der Waals surface area (Å²) < 4.78 is 0. The first-order chi connectivity index (χ1) is 50.2. The molecule has 0 nitrogen and oxygen atoms in total. The lowest BCUT2D eigenvalue weighted by Gasteiger charge is -2.28. The van der Waals surface area contributed by atoms with Crippen molar-refractivity contribution in [1.82, 2.24) is 0 Å². The van der Waals surface area contributed by atoms with Crippen molar-refractivity contribution in [2.24, 2.45) is 0 Å². The van der Waals surface area contributed by atoms with Crippen molar-refractivity contribution in [3.63, 3.8) is 0 Å². The lowest BCUT2D eigenvalue weighted by Crippen LogP contribution is -2.26. The van der Waals surface area contributed by atoms with Crippen molar-refractivity contribution >= 4 is 117 Å². The van der Waals surface area contributed by atoms with E-state index in [1.165, 1.54) is 152 Å². The molecule has 102 heavy (non-hydrogen) atoms. The summed E-state index contributed by atoms with van der Waals surface area (Å²) in [5.74, 6) is 0. The van der Waals surface area contributed by atoms with Gasteiger partial charge in [-0.3, -0.25) is 0 Å². The molecule has 0 radical (unpaired) electrons. The van der Waals surface area contributed by atoms with E-state index in [4.69, 9.17) is 0 Å². The Morgan fingerprint density at radius 1 is 0.137 bits per heavy atom. The van der Waals surface area contributed by atoms with Crippen LogP contribution in [-0.4, -0.2) is 0 Å². The van der Waals surface area contributed by atoms with E-state index in [-0.39, 0.29) is 0 Å². The minimum Gasteiger partial charge on any atom is -0.0622 e. The van der Waals surface area contributed by atoms with Crippen molar-refractivity contribution in [3.05, 3.63) is 422 Å². The van der Waals surface area contributed by atoms with Gasteiger partial charge < -0.3 is 0 Å². The summed E-state index contributed by atoms with van der Waals surface area (Å²) in [4.78, 5) is 0. The zero-order valence-electron chi connectivity index (χ0n) is 58.7. The van der Waals surface area contributed by atoms with Crippen LogP contribution in [0.15, 0.2) is 388 Å². The Bertz CT molecular complexity index is 4910. The highest BCUT2D eigenvalue weighted by molar-refractivity contribution is 7.81. The summed E-state index contributed by atoms with van der Waals surface area (Å²) in [6.45, 7) is 13.3. The normalized spacial score (nSPS) is 11.2. The lowest BCUT2D eigenvalue weighted by atomic mass is 9.90. The molecule has 0 saturated carbocycles. The first kappa shape index (κ1) is 68.9. The molecular formula is C98H82P4. The lowest BCUT2D eigenvalue weighted by molar-refractivity contribution is 1.32. The Kier molecular flexibility index (Phi) is 22.0. The van der Waals surface area contributed by atoms with Gasteiger partial charge in [0.2, 0.25) is 0 Å². The quantitative estimate of drug-likeness (QED) is 0.0898. The third kappa shape index (κ3) is 14.9. The minimum absolute atomic E-state index is 0.752. The molecule has 0 heterocycles. The Morgan fingerprint density at radius 2 is 0.324 bits per heavy atom. The molecule has 16 aromatic carbocycles. The van der Waals surface area contributed by atoms with Crippen LogP contribution >= 0.6 is 31.7 Å². The number of aryl methyl sites for hydroxylation is 6. The highest BCUT2D eigenvalue weighted by Gasteiger charge is 2.30. The molecule has 0 aliphatic rings. The fourth-order valence-corrected chi connectivity index (χ4v) is 24.5. The molecule has 0 atom stereocenters. The van der Waals surface area contributed by atoms with E-state index in [0.717, 1.165) is 0 Å². The Balaban J connectivity index is 0.000000143. The fourth-order valence-electron chi connectivity index (χ4n) is 14.5. The number of fused-ring (bicyclic) bond motifs is 2. The predicted molar refractivity (Wildman–Crippen MR) is 454 cm³/mol.